The average molecular weight is 337 g/mol. The van der Waals surface area contributed by atoms with Gasteiger partial charge in [0.15, 0.2) is 0 Å². The van der Waals surface area contributed by atoms with Gasteiger partial charge in [0.1, 0.15) is 5.69 Å². The number of amides is 1. The maximum absolute atomic E-state index is 12.3. The number of carbonyl (C=O) groups is 1. The molecule has 1 amide bonds. The minimum atomic E-state index is -0.138. The number of hydrogen-bond donors (Lipinski definition) is 2. The van der Waals surface area contributed by atoms with Crippen molar-refractivity contribution in [3.05, 3.63) is 52.3 Å². The van der Waals surface area contributed by atoms with Gasteiger partial charge in [0, 0.05) is 22.9 Å². The van der Waals surface area contributed by atoms with Gasteiger partial charge in [-0.15, -0.1) is 0 Å². The topological polar surface area (TPSA) is 54.3 Å². The number of rotatable bonds is 5. The standard InChI is InChI=1S/C15H17BrN2O2/c1-2-7-18-9-12(16)8-14(18)15(20)17-13-5-3-11(10-19)4-6-13/h3-6,8-9,19H,2,7,10H2,1H3,(H,17,20). The molecule has 1 aromatic heterocycles. The highest BCUT2D eigenvalue weighted by Crippen LogP contribution is 2.17. The number of aliphatic hydroxyl groups is 1. The minimum Gasteiger partial charge on any atom is -0.392 e. The Labute approximate surface area is 126 Å². The third-order valence-corrected chi connectivity index (χ3v) is 3.39. The molecule has 20 heavy (non-hydrogen) atoms. The fraction of sp³-hybridized carbons (Fsp3) is 0.267. The Hall–Kier alpha value is -1.59. The van der Waals surface area contributed by atoms with Crippen LogP contribution in [0.25, 0.3) is 0 Å². The first-order valence-electron chi connectivity index (χ1n) is 6.51. The molecule has 0 unspecified atom stereocenters. The van der Waals surface area contributed by atoms with Crippen LogP contribution in [0.1, 0.15) is 29.4 Å². The van der Waals surface area contributed by atoms with E-state index in [1.54, 1.807) is 24.3 Å². The van der Waals surface area contributed by atoms with E-state index in [0.717, 1.165) is 23.0 Å². The van der Waals surface area contributed by atoms with E-state index in [1.807, 2.05) is 16.8 Å². The van der Waals surface area contributed by atoms with E-state index in [2.05, 4.69) is 28.2 Å². The molecular formula is C15H17BrN2O2. The molecule has 0 spiro atoms. The summed E-state index contributed by atoms with van der Waals surface area (Å²) >= 11 is 3.40. The normalized spacial score (nSPS) is 10.6. The summed E-state index contributed by atoms with van der Waals surface area (Å²) in [6, 6.07) is 8.96. The number of anilines is 1. The van der Waals surface area contributed by atoms with Gasteiger partial charge in [-0.3, -0.25) is 4.79 Å². The van der Waals surface area contributed by atoms with Gasteiger partial charge < -0.3 is 15.0 Å². The lowest BCUT2D eigenvalue weighted by molar-refractivity contribution is 0.101. The number of hydrogen-bond acceptors (Lipinski definition) is 2. The van der Waals surface area contributed by atoms with Gasteiger partial charge in [0.05, 0.1) is 6.61 Å². The number of aliphatic hydroxyl groups excluding tert-OH is 1. The lowest BCUT2D eigenvalue weighted by Gasteiger charge is -2.09. The predicted molar refractivity (Wildman–Crippen MR) is 82.7 cm³/mol. The van der Waals surface area contributed by atoms with Crippen LogP contribution in [0.4, 0.5) is 5.69 Å². The van der Waals surface area contributed by atoms with E-state index >= 15 is 0 Å². The van der Waals surface area contributed by atoms with E-state index in [1.165, 1.54) is 0 Å². The maximum Gasteiger partial charge on any atom is 0.272 e. The van der Waals surface area contributed by atoms with Crippen LogP contribution in [0.5, 0.6) is 0 Å². The first-order valence-corrected chi connectivity index (χ1v) is 7.30. The molecule has 0 radical (unpaired) electrons. The maximum atomic E-state index is 12.3. The molecule has 0 bridgehead atoms. The van der Waals surface area contributed by atoms with Gasteiger partial charge in [-0.05, 0) is 46.1 Å². The molecule has 0 atom stereocenters. The minimum absolute atomic E-state index is 0.000520. The van der Waals surface area contributed by atoms with Crippen molar-refractivity contribution in [2.75, 3.05) is 5.32 Å². The van der Waals surface area contributed by atoms with Gasteiger partial charge in [0.25, 0.3) is 5.91 Å². The predicted octanol–water partition coefficient (Wildman–Crippen LogP) is 3.41. The Morgan fingerprint density at radius 3 is 2.65 bits per heavy atom. The summed E-state index contributed by atoms with van der Waals surface area (Å²) in [6.07, 6.45) is 2.87. The number of benzene rings is 1. The van der Waals surface area contributed by atoms with Crippen molar-refractivity contribution in [2.45, 2.75) is 26.5 Å². The van der Waals surface area contributed by atoms with Crippen LogP contribution in [0, 0.1) is 0 Å². The van der Waals surface area contributed by atoms with E-state index in [4.69, 9.17) is 5.11 Å². The quantitative estimate of drug-likeness (QED) is 0.879. The molecule has 0 aliphatic rings. The zero-order chi connectivity index (χ0) is 14.5. The van der Waals surface area contributed by atoms with Crippen LogP contribution in [-0.2, 0) is 13.2 Å². The van der Waals surface area contributed by atoms with Crippen LogP contribution >= 0.6 is 15.9 Å². The third kappa shape index (κ3) is 3.49. The lowest BCUT2D eigenvalue weighted by atomic mass is 10.2. The second kappa shape index (κ2) is 6.72. The molecule has 5 heteroatoms. The molecule has 106 valence electrons. The fourth-order valence-corrected chi connectivity index (χ4v) is 2.44. The highest BCUT2D eigenvalue weighted by atomic mass is 79.9. The van der Waals surface area contributed by atoms with E-state index in [9.17, 15) is 4.79 Å². The molecule has 1 heterocycles. The smallest absolute Gasteiger partial charge is 0.272 e. The van der Waals surface area contributed by atoms with E-state index < -0.39 is 0 Å². The number of carbonyl (C=O) groups excluding carboxylic acids is 1. The van der Waals surface area contributed by atoms with Gasteiger partial charge in [-0.2, -0.15) is 0 Å². The summed E-state index contributed by atoms with van der Waals surface area (Å²) in [7, 11) is 0. The van der Waals surface area contributed by atoms with Crippen molar-refractivity contribution in [1.29, 1.82) is 0 Å². The Morgan fingerprint density at radius 2 is 2.05 bits per heavy atom. The summed E-state index contributed by atoms with van der Waals surface area (Å²) in [6.45, 7) is 2.88. The zero-order valence-corrected chi connectivity index (χ0v) is 12.9. The van der Waals surface area contributed by atoms with Crippen molar-refractivity contribution in [3.63, 3.8) is 0 Å². The summed E-state index contributed by atoms with van der Waals surface area (Å²) in [5.74, 6) is -0.138. The number of nitrogens with zero attached hydrogens (tertiary/aromatic N) is 1. The van der Waals surface area contributed by atoms with Crippen LogP contribution < -0.4 is 5.32 Å². The molecule has 0 aliphatic carbocycles. The summed E-state index contributed by atoms with van der Waals surface area (Å²) in [5, 5.41) is 11.9. The third-order valence-electron chi connectivity index (χ3n) is 2.95. The molecular weight excluding hydrogens is 320 g/mol. The SMILES string of the molecule is CCCn1cc(Br)cc1C(=O)Nc1ccc(CO)cc1. The molecule has 0 saturated carbocycles. The second-order valence-electron chi connectivity index (χ2n) is 4.55. The van der Waals surface area contributed by atoms with Crippen molar-refractivity contribution in [2.24, 2.45) is 0 Å². The van der Waals surface area contributed by atoms with Crippen molar-refractivity contribution in [3.8, 4) is 0 Å². The molecule has 0 fully saturated rings. The zero-order valence-electron chi connectivity index (χ0n) is 11.3. The summed E-state index contributed by atoms with van der Waals surface area (Å²) in [4.78, 5) is 12.3. The molecule has 2 rings (SSSR count). The number of aryl methyl sites for hydroxylation is 1. The first-order chi connectivity index (χ1) is 9.63. The van der Waals surface area contributed by atoms with Crippen LogP contribution in [0.15, 0.2) is 41.0 Å². The average Bonchev–Trinajstić information content (AvgIpc) is 2.81. The summed E-state index contributed by atoms with van der Waals surface area (Å²) < 4.78 is 2.83. The highest BCUT2D eigenvalue weighted by Gasteiger charge is 2.12. The monoisotopic (exact) mass is 336 g/mol. The lowest BCUT2D eigenvalue weighted by Crippen LogP contribution is -2.16. The first kappa shape index (κ1) is 14.8. The molecule has 0 saturated heterocycles. The van der Waals surface area contributed by atoms with Gasteiger partial charge >= 0.3 is 0 Å². The molecule has 4 nitrogen and oxygen atoms in total. The number of aromatic nitrogens is 1. The largest absolute Gasteiger partial charge is 0.392 e. The van der Waals surface area contributed by atoms with E-state index in [-0.39, 0.29) is 12.5 Å². The van der Waals surface area contributed by atoms with Crippen molar-refractivity contribution >= 4 is 27.5 Å². The number of halogens is 1. The van der Waals surface area contributed by atoms with E-state index in [0.29, 0.717) is 11.4 Å². The number of nitrogens with one attached hydrogen (secondary N) is 1. The van der Waals surface area contributed by atoms with Gasteiger partial charge in [0.2, 0.25) is 0 Å². The van der Waals surface area contributed by atoms with Crippen LogP contribution in [0.3, 0.4) is 0 Å². The highest BCUT2D eigenvalue weighted by molar-refractivity contribution is 9.10. The molecule has 1 aromatic carbocycles. The van der Waals surface area contributed by atoms with Crippen molar-refractivity contribution < 1.29 is 9.90 Å². The van der Waals surface area contributed by atoms with Gasteiger partial charge in [-0.1, -0.05) is 19.1 Å². The fourth-order valence-electron chi connectivity index (χ4n) is 1.98. The van der Waals surface area contributed by atoms with Crippen LogP contribution in [-0.4, -0.2) is 15.6 Å². The van der Waals surface area contributed by atoms with Crippen molar-refractivity contribution in [1.82, 2.24) is 4.57 Å². The van der Waals surface area contributed by atoms with Crippen LogP contribution in [0.2, 0.25) is 0 Å². The summed E-state index contributed by atoms with van der Waals surface area (Å²) in [5.41, 5.74) is 2.16. The molecule has 2 aromatic rings. The Kier molecular flexibility index (Phi) is 4.98. The Balaban J connectivity index is 2.14. The Morgan fingerprint density at radius 1 is 1.35 bits per heavy atom. The second-order valence-corrected chi connectivity index (χ2v) is 5.46. The van der Waals surface area contributed by atoms with Gasteiger partial charge in [-0.25, -0.2) is 0 Å². The Bertz CT molecular complexity index is 590. The molecule has 2 N–H and O–H groups in total. The molecule has 0 aliphatic heterocycles.